The number of non-ortho nitro benzene ring substituents is 1. The first-order valence-corrected chi connectivity index (χ1v) is 4.13. The van der Waals surface area contributed by atoms with Crippen LogP contribution < -0.4 is 5.73 Å². The number of nitro benzene ring substituents is 1. The minimum absolute atomic E-state index is 0.115. The maximum Gasteiger partial charge on any atom is 0.270 e. The highest BCUT2D eigenvalue weighted by Crippen LogP contribution is 2.20. The largest absolute Gasteiger partial charge is 0.398 e. The first kappa shape index (κ1) is 10.2. The molecule has 0 atom stereocenters. The van der Waals surface area contributed by atoms with Crippen LogP contribution in [0.2, 0.25) is 0 Å². The van der Waals surface area contributed by atoms with Gasteiger partial charge in [0.25, 0.3) is 5.69 Å². The number of hydrogen-bond acceptors (Lipinski definition) is 4. The van der Waals surface area contributed by atoms with Gasteiger partial charge in [-0.15, -0.1) is 0 Å². The normalized spacial score (nSPS) is 9.79. The fourth-order valence-electron chi connectivity index (χ4n) is 1.09. The van der Waals surface area contributed by atoms with Gasteiger partial charge in [-0.1, -0.05) is 6.92 Å². The number of nitrogens with zero attached hydrogens (tertiary/aromatic N) is 1. The van der Waals surface area contributed by atoms with Gasteiger partial charge in [0, 0.05) is 29.8 Å². The molecule has 0 amide bonds. The smallest absolute Gasteiger partial charge is 0.270 e. The monoisotopic (exact) mass is 194 g/mol. The zero-order valence-electron chi connectivity index (χ0n) is 7.69. The first-order valence-electron chi connectivity index (χ1n) is 4.13. The second-order valence-electron chi connectivity index (χ2n) is 2.81. The maximum atomic E-state index is 11.3. The lowest BCUT2D eigenvalue weighted by atomic mass is 10.1. The molecule has 0 heterocycles. The molecule has 0 unspecified atom stereocenters. The number of benzene rings is 1. The van der Waals surface area contributed by atoms with Crippen molar-refractivity contribution in [1.82, 2.24) is 0 Å². The van der Waals surface area contributed by atoms with E-state index >= 15 is 0 Å². The van der Waals surface area contributed by atoms with Crippen LogP contribution in [0.25, 0.3) is 0 Å². The summed E-state index contributed by atoms with van der Waals surface area (Å²) in [6.07, 6.45) is 0.283. The number of nitrogens with two attached hydrogens (primary N) is 1. The van der Waals surface area contributed by atoms with Crippen LogP contribution in [0.5, 0.6) is 0 Å². The number of carbonyl (C=O) groups is 1. The summed E-state index contributed by atoms with van der Waals surface area (Å²) in [5.74, 6) is -0.189. The van der Waals surface area contributed by atoms with Gasteiger partial charge >= 0.3 is 0 Å². The van der Waals surface area contributed by atoms with Gasteiger partial charge in [0.2, 0.25) is 0 Å². The third-order valence-electron chi connectivity index (χ3n) is 1.87. The zero-order valence-corrected chi connectivity index (χ0v) is 7.69. The third-order valence-corrected chi connectivity index (χ3v) is 1.87. The Morgan fingerprint density at radius 1 is 1.57 bits per heavy atom. The summed E-state index contributed by atoms with van der Waals surface area (Å²) >= 11 is 0. The molecule has 0 aliphatic rings. The molecule has 0 aromatic heterocycles. The van der Waals surface area contributed by atoms with Crippen molar-refractivity contribution >= 4 is 17.2 Å². The van der Waals surface area contributed by atoms with Crippen molar-refractivity contribution < 1.29 is 9.72 Å². The molecule has 1 aromatic carbocycles. The molecular weight excluding hydrogens is 184 g/mol. The van der Waals surface area contributed by atoms with Crippen LogP contribution >= 0.6 is 0 Å². The molecule has 14 heavy (non-hydrogen) atoms. The quantitative estimate of drug-likeness (QED) is 0.344. The van der Waals surface area contributed by atoms with Crippen LogP contribution in [-0.2, 0) is 0 Å². The van der Waals surface area contributed by atoms with Crippen molar-refractivity contribution in [3.63, 3.8) is 0 Å². The molecule has 0 aliphatic heterocycles. The van der Waals surface area contributed by atoms with Crippen LogP contribution in [0.3, 0.4) is 0 Å². The fourth-order valence-corrected chi connectivity index (χ4v) is 1.09. The summed E-state index contributed by atoms with van der Waals surface area (Å²) in [6, 6.07) is 3.87. The standard InChI is InChI=1S/C9H10N2O3/c1-2-9(12)7-5-6(11(13)14)3-4-8(7)10/h3-5H,2,10H2,1H3. The van der Waals surface area contributed by atoms with E-state index in [0.717, 1.165) is 0 Å². The molecule has 0 saturated carbocycles. The summed E-state index contributed by atoms with van der Waals surface area (Å²) in [7, 11) is 0. The van der Waals surface area contributed by atoms with E-state index in [1.165, 1.54) is 18.2 Å². The lowest BCUT2D eigenvalue weighted by Crippen LogP contribution is -2.03. The number of nitrogen functional groups attached to an aromatic ring is 1. The van der Waals surface area contributed by atoms with Crippen molar-refractivity contribution in [2.75, 3.05) is 5.73 Å². The van der Waals surface area contributed by atoms with Crippen LogP contribution in [0.1, 0.15) is 23.7 Å². The Kier molecular flexibility index (Phi) is 2.81. The van der Waals surface area contributed by atoms with E-state index in [1.807, 2.05) is 0 Å². The lowest BCUT2D eigenvalue weighted by Gasteiger charge is -2.01. The van der Waals surface area contributed by atoms with Gasteiger partial charge in [0.05, 0.1) is 4.92 Å². The summed E-state index contributed by atoms with van der Waals surface area (Å²) in [6.45, 7) is 1.68. The van der Waals surface area contributed by atoms with E-state index in [0.29, 0.717) is 0 Å². The Bertz CT molecular complexity index is 388. The second-order valence-corrected chi connectivity index (χ2v) is 2.81. The van der Waals surface area contributed by atoms with Crippen LogP contribution in [-0.4, -0.2) is 10.7 Å². The number of carbonyl (C=O) groups excluding carboxylic acids is 1. The fraction of sp³-hybridized carbons (Fsp3) is 0.222. The SMILES string of the molecule is CCC(=O)c1cc([N+](=O)[O-])ccc1N. The summed E-state index contributed by atoms with van der Waals surface area (Å²) in [4.78, 5) is 21.2. The van der Waals surface area contributed by atoms with E-state index < -0.39 is 4.92 Å². The van der Waals surface area contributed by atoms with Crippen LogP contribution in [0.15, 0.2) is 18.2 Å². The van der Waals surface area contributed by atoms with Crippen molar-refractivity contribution in [2.24, 2.45) is 0 Å². The number of anilines is 1. The number of rotatable bonds is 3. The topological polar surface area (TPSA) is 86.2 Å². The minimum atomic E-state index is -0.550. The average Bonchev–Trinajstić information content (AvgIpc) is 2.17. The molecule has 74 valence electrons. The maximum absolute atomic E-state index is 11.3. The van der Waals surface area contributed by atoms with Gasteiger partial charge in [-0.2, -0.15) is 0 Å². The van der Waals surface area contributed by atoms with Gasteiger partial charge in [-0.05, 0) is 6.07 Å². The van der Waals surface area contributed by atoms with Gasteiger partial charge in [0.15, 0.2) is 5.78 Å². The lowest BCUT2D eigenvalue weighted by molar-refractivity contribution is -0.384. The highest BCUT2D eigenvalue weighted by molar-refractivity contribution is 6.01. The Morgan fingerprint density at radius 3 is 2.71 bits per heavy atom. The molecule has 1 rings (SSSR count). The molecule has 5 heteroatoms. The third kappa shape index (κ3) is 1.87. The first-order chi connectivity index (χ1) is 6.56. The molecule has 0 saturated heterocycles. The van der Waals surface area contributed by atoms with E-state index in [1.54, 1.807) is 6.92 Å². The molecule has 0 radical (unpaired) electrons. The summed E-state index contributed by atoms with van der Waals surface area (Å²) in [5.41, 5.74) is 5.91. The van der Waals surface area contributed by atoms with Crippen molar-refractivity contribution in [2.45, 2.75) is 13.3 Å². The molecule has 5 nitrogen and oxygen atoms in total. The summed E-state index contributed by atoms with van der Waals surface area (Å²) < 4.78 is 0. The molecule has 0 aliphatic carbocycles. The van der Waals surface area contributed by atoms with E-state index in [4.69, 9.17) is 5.73 Å². The van der Waals surface area contributed by atoms with Crippen molar-refractivity contribution in [3.8, 4) is 0 Å². The Balaban J connectivity index is 3.21. The van der Waals surface area contributed by atoms with Gasteiger partial charge in [-0.3, -0.25) is 14.9 Å². The number of ketones is 1. The van der Waals surface area contributed by atoms with E-state index in [2.05, 4.69) is 0 Å². The van der Waals surface area contributed by atoms with Crippen LogP contribution in [0, 0.1) is 10.1 Å². The average molecular weight is 194 g/mol. The molecule has 0 fully saturated rings. The second kappa shape index (κ2) is 3.87. The Morgan fingerprint density at radius 2 is 2.21 bits per heavy atom. The highest BCUT2D eigenvalue weighted by Gasteiger charge is 2.13. The number of Topliss-reactive ketones (excluding diaryl/α,β-unsaturated/α-hetero) is 1. The molecule has 0 bridgehead atoms. The van der Waals surface area contributed by atoms with Gasteiger partial charge < -0.3 is 5.73 Å². The highest BCUT2D eigenvalue weighted by atomic mass is 16.6. The van der Waals surface area contributed by atoms with Crippen LogP contribution in [0.4, 0.5) is 11.4 Å². The minimum Gasteiger partial charge on any atom is -0.398 e. The number of hydrogen-bond donors (Lipinski definition) is 1. The molecule has 0 spiro atoms. The Labute approximate surface area is 80.7 Å². The Hall–Kier alpha value is -1.91. The van der Waals surface area contributed by atoms with Gasteiger partial charge in [-0.25, -0.2) is 0 Å². The zero-order chi connectivity index (χ0) is 10.7. The molecular formula is C9H10N2O3. The van der Waals surface area contributed by atoms with Crippen molar-refractivity contribution in [1.29, 1.82) is 0 Å². The number of nitro groups is 1. The van der Waals surface area contributed by atoms with Gasteiger partial charge in [0.1, 0.15) is 0 Å². The van der Waals surface area contributed by atoms with E-state index in [-0.39, 0.29) is 29.1 Å². The molecule has 2 N–H and O–H groups in total. The predicted octanol–water partition coefficient (Wildman–Crippen LogP) is 1.77. The predicted molar refractivity (Wildman–Crippen MR) is 52.1 cm³/mol. The molecule has 1 aromatic rings. The summed E-state index contributed by atoms with van der Waals surface area (Å²) in [5, 5.41) is 10.4. The van der Waals surface area contributed by atoms with E-state index in [9.17, 15) is 14.9 Å². The van der Waals surface area contributed by atoms with Crippen molar-refractivity contribution in [3.05, 3.63) is 33.9 Å².